The van der Waals surface area contributed by atoms with Gasteiger partial charge in [-0.1, -0.05) is 49.6 Å². The normalized spacial score (nSPS) is 27.6. The Hall–Kier alpha value is -0.860. The zero-order valence-electron chi connectivity index (χ0n) is 13.6. The Bertz CT molecular complexity index is 434. The summed E-state index contributed by atoms with van der Waals surface area (Å²) in [6.07, 6.45) is 7.17. The highest BCUT2D eigenvalue weighted by Crippen LogP contribution is 2.31. The molecule has 2 fully saturated rings. The largest absolute Gasteiger partial charge is 0.311 e. The van der Waals surface area contributed by atoms with E-state index < -0.39 is 0 Å². The van der Waals surface area contributed by atoms with Crippen molar-refractivity contribution < 1.29 is 0 Å². The lowest BCUT2D eigenvalue weighted by atomic mass is 9.81. The molecule has 1 heterocycles. The highest BCUT2D eigenvalue weighted by molar-refractivity contribution is 5.15. The summed E-state index contributed by atoms with van der Waals surface area (Å²) >= 11 is 0. The highest BCUT2D eigenvalue weighted by Gasteiger charge is 2.36. The first-order valence-corrected chi connectivity index (χ1v) is 8.67. The second-order valence-corrected chi connectivity index (χ2v) is 7.56. The SMILES string of the molecule is CC1(C)CNC(C2CCCCC2)CN1Cc1ccccc1. The second kappa shape index (κ2) is 6.50. The number of benzene rings is 1. The maximum absolute atomic E-state index is 3.85. The van der Waals surface area contributed by atoms with E-state index in [2.05, 4.69) is 54.4 Å². The maximum atomic E-state index is 3.85. The molecule has 0 aromatic heterocycles. The fourth-order valence-corrected chi connectivity index (χ4v) is 3.98. The van der Waals surface area contributed by atoms with Crippen molar-refractivity contribution in [1.29, 1.82) is 0 Å². The van der Waals surface area contributed by atoms with Gasteiger partial charge in [-0.3, -0.25) is 4.90 Å². The zero-order chi connectivity index (χ0) is 14.7. The Morgan fingerprint density at radius 2 is 1.81 bits per heavy atom. The summed E-state index contributed by atoms with van der Waals surface area (Å²) in [6, 6.07) is 11.6. The lowest BCUT2D eigenvalue weighted by molar-refractivity contribution is 0.0374. The molecule has 21 heavy (non-hydrogen) atoms. The lowest BCUT2D eigenvalue weighted by Crippen LogP contribution is -2.63. The van der Waals surface area contributed by atoms with E-state index in [1.165, 1.54) is 44.2 Å². The second-order valence-electron chi connectivity index (χ2n) is 7.56. The minimum atomic E-state index is 0.251. The molecule has 0 radical (unpaired) electrons. The summed E-state index contributed by atoms with van der Waals surface area (Å²) in [5.41, 5.74) is 1.69. The molecular weight excluding hydrogens is 256 g/mol. The Morgan fingerprint density at radius 1 is 1.10 bits per heavy atom. The van der Waals surface area contributed by atoms with Gasteiger partial charge in [-0.2, -0.15) is 0 Å². The molecule has 2 heteroatoms. The zero-order valence-corrected chi connectivity index (χ0v) is 13.6. The summed E-state index contributed by atoms with van der Waals surface area (Å²) in [5, 5.41) is 3.85. The molecule has 1 N–H and O–H groups in total. The van der Waals surface area contributed by atoms with Crippen LogP contribution in [0, 0.1) is 5.92 Å². The molecule has 1 atom stereocenters. The van der Waals surface area contributed by atoms with Crippen molar-refractivity contribution in [3.8, 4) is 0 Å². The fourth-order valence-electron chi connectivity index (χ4n) is 3.98. The van der Waals surface area contributed by atoms with Crippen LogP contribution in [0.25, 0.3) is 0 Å². The van der Waals surface area contributed by atoms with Crippen LogP contribution in [-0.2, 0) is 6.54 Å². The van der Waals surface area contributed by atoms with Gasteiger partial charge in [0.25, 0.3) is 0 Å². The van der Waals surface area contributed by atoms with Crippen molar-refractivity contribution in [2.24, 2.45) is 5.92 Å². The van der Waals surface area contributed by atoms with Gasteiger partial charge in [-0.25, -0.2) is 0 Å². The Kier molecular flexibility index (Phi) is 4.66. The van der Waals surface area contributed by atoms with Gasteiger partial charge in [0.1, 0.15) is 0 Å². The monoisotopic (exact) mass is 286 g/mol. The van der Waals surface area contributed by atoms with Gasteiger partial charge in [0, 0.05) is 31.2 Å². The third-order valence-corrected chi connectivity index (χ3v) is 5.51. The summed E-state index contributed by atoms with van der Waals surface area (Å²) in [4.78, 5) is 2.69. The fraction of sp³-hybridized carbons (Fsp3) is 0.684. The van der Waals surface area contributed by atoms with E-state index in [1.54, 1.807) is 0 Å². The minimum absolute atomic E-state index is 0.251. The summed E-state index contributed by atoms with van der Waals surface area (Å²) in [6.45, 7) is 8.15. The number of rotatable bonds is 3. The van der Waals surface area contributed by atoms with Gasteiger partial charge in [0.15, 0.2) is 0 Å². The van der Waals surface area contributed by atoms with Gasteiger partial charge < -0.3 is 5.32 Å². The Morgan fingerprint density at radius 3 is 2.52 bits per heavy atom. The van der Waals surface area contributed by atoms with E-state index in [0.717, 1.165) is 19.0 Å². The molecule has 1 saturated heterocycles. The molecule has 1 aromatic rings. The molecule has 1 saturated carbocycles. The molecular formula is C19H30N2. The van der Waals surface area contributed by atoms with Gasteiger partial charge in [0.05, 0.1) is 0 Å². The highest BCUT2D eigenvalue weighted by atomic mass is 15.3. The van der Waals surface area contributed by atoms with Crippen LogP contribution in [0.5, 0.6) is 0 Å². The number of nitrogens with zero attached hydrogens (tertiary/aromatic N) is 1. The summed E-state index contributed by atoms with van der Waals surface area (Å²) < 4.78 is 0. The van der Waals surface area contributed by atoms with Crippen LogP contribution >= 0.6 is 0 Å². The topological polar surface area (TPSA) is 15.3 Å². The predicted octanol–water partition coefficient (Wildman–Crippen LogP) is 3.82. The van der Waals surface area contributed by atoms with Gasteiger partial charge in [-0.05, 0) is 38.2 Å². The molecule has 3 rings (SSSR count). The van der Waals surface area contributed by atoms with Crippen LogP contribution in [0.3, 0.4) is 0 Å². The smallest absolute Gasteiger partial charge is 0.0281 e. The number of nitrogens with one attached hydrogen (secondary N) is 1. The van der Waals surface area contributed by atoms with Crippen LogP contribution in [0.1, 0.15) is 51.5 Å². The van der Waals surface area contributed by atoms with Crippen molar-refractivity contribution in [3.05, 3.63) is 35.9 Å². The first kappa shape index (κ1) is 15.1. The molecule has 0 amide bonds. The quantitative estimate of drug-likeness (QED) is 0.908. The third-order valence-electron chi connectivity index (χ3n) is 5.51. The van der Waals surface area contributed by atoms with Gasteiger partial charge in [-0.15, -0.1) is 0 Å². The van der Waals surface area contributed by atoms with E-state index in [0.29, 0.717) is 6.04 Å². The van der Waals surface area contributed by atoms with Crippen molar-refractivity contribution in [3.63, 3.8) is 0 Å². The van der Waals surface area contributed by atoms with Crippen LogP contribution in [-0.4, -0.2) is 29.6 Å². The number of hydrogen-bond acceptors (Lipinski definition) is 2. The van der Waals surface area contributed by atoms with Crippen molar-refractivity contribution in [1.82, 2.24) is 10.2 Å². The van der Waals surface area contributed by atoms with Crippen molar-refractivity contribution in [2.45, 2.75) is 64.1 Å². The Labute approximate surface area is 129 Å². The Balaban J connectivity index is 1.67. The van der Waals surface area contributed by atoms with E-state index >= 15 is 0 Å². The van der Waals surface area contributed by atoms with Crippen molar-refractivity contribution >= 4 is 0 Å². The average molecular weight is 286 g/mol. The van der Waals surface area contributed by atoms with Crippen LogP contribution in [0.15, 0.2) is 30.3 Å². The average Bonchev–Trinajstić information content (AvgIpc) is 2.51. The molecule has 2 aliphatic rings. The first-order valence-electron chi connectivity index (χ1n) is 8.67. The third kappa shape index (κ3) is 3.67. The van der Waals surface area contributed by atoms with Crippen LogP contribution in [0.2, 0.25) is 0 Å². The molecule has 1 unspecified atom stereocenters. The predicted molar refractivity (Wildman–Crippen MR) is 89.3 cm³/mol. The lowest BCUT2D eigenvalue weighted by Gasteiger charge is -2.48. The molecule has 0 bridgehead atoms. The van der Waals surface area contributed by atoms with E-state index in [4.69, 9.17) is 0 Å². The molecule has 1 aliphatic heterocycles. The summed E-state index contributed by atoms with van der Waals surface area (Å²) in [7, 11) is 0. The number of piperazine rings is 1. The summed E-state index contributed by atoms with van der Waals surface area (Å²) in [5.74, 6) is 0.896. The van der Waals surface area contributed by atoms with Crippen LogP contribution in [0.4, 0.5) is 0 Å². The number of hydrogen-bond donors (Lipinski definition) is 1. The van der Waals surface area contributed by atoms with Gasteiger partial charge in [0.2, 0.25) is 0 Å². The van der Waals surface area contributed by atoms with E-state index in [-0.39, 0.29) is 5.54 Å². The molecule has 1 aliphatic carbocycles. The van der Waals surface area contributed by atoms with E-state index in [1.807, 2.05) is 0 Å². The molecule has 0 spiro atoms. The molecule has 116 valence electrons. The van der Waals surface area contributed by atoms with E-state index in [9.17, 15) is 0 Å². The van der Waals surface area contributed by atoms with Gasteiger partial charge >= 0.3 is 0 Å². The standard InChI is InChI=1S/C19H30N2/c1-19(2)15-20-18(17-11-7-4-8-12-17)14-21(19)13-16-9-5-3-6-10-16/h3,5-6,9-10,17-18,20H,4,7-8,11-15H2,1-2H3. The molecule has 1 aromatic carbocycles. The van der Waals surface area contributed by atoms with Crippen molar-refractivity contribution in [2.75, 3.05) is 13.1 Å². The minimum Gasteiger partial charge on any atom is -0.311 e. The molecule has 2 nitrogen and oxygen atoms in total. The van der Waals surface area contributed by atoms with Crippen LogP contribution < -0.4 is 5.32 Å². The first-order chi connectivity index (χ1) is 10.1. The maximum Gasteiger partial charge on any atom is 0.0281 e.